The van der Waals surface area contributed by atoms with Gasteiger partial charge in [-0.05, 0) is 49.9 Å². The molecule has 2 heteroatoms. The van der Waals surface area contributed by atoms with Crippen LogP contribution in [0.4, 0.5) is 0 Å². The lowest BCUT2D eigenvalue weighted by Crippen LogP contribution is -2.23. The summed E-state index contributed by atoms with van der Waals surface area (Å²) in [4.78, 5) is 4.70. The maximum absolute atomic E-state index is 6.11. The highest BCUT2D eigenvalue weighted by Crippen LogP contribution is 2.48. The Morgan fingerprint density at radius 3 is 2.50 bits per heavy atom. The summed E-state index contributed by atoms with van der Waals surface area (Å²) in [5, 5.41) is 0. The van der Waals surface area contributed by atoms with Crippen molar-refractivity contribution in [3.05, 3.63) is 0 Å². The largest absolute Gasteiger partial charge is 0.387 e. The summed E-state index contributed by atoms with van der Waals surface area (Å²) >= 11 is 0. The summed E-state index contributed by atoms with van der Waals surface area (Å²) in [6.07, 6.45) is 11.2. The number of nitrogens with zero attached hydrogens (tertiary/aromatic N) is 1. The van der Waals surface area contributed by atoms with Gasteiger partial charge in [-0.25, -0.2) is 0 Å². The first-order valence-corrected chi connectivity index (χ1v) is 7.12. The molecule has 2 nitrogen and oxygen atoms in total. The third kappa shape index (κ3) is 1.99. The van der Waals surface area contributed by atoms with Crippen molar-refractivity contribution in [2.75, 3.05) is 6.54 Å². The molecule has 16 heavy (non-hydrogen) atoms. The maximum Gasteiger partial charge on any atom is 0.0968 e. The topological polar surface area (TPSA) is 38.4 Å². The Balaban J connectivity index is 1.53. The number of fused-ring (bicyclic) bond motifs is 2. The second-order valence-corrected chi connectivity index (χ2v) is 6.18. The fraction of sp³-hybridized carbons (Fsp3) is 0.929. The van der Waals surface area contributed by atoms with Crippen LogP contribution in [0, 0.1) is 23.7 Å². The van der Waals surface area contributed by atoms with E-state index in [2.05, 4.69) is 0 Å². The highest BCUT2D eigenvalue weighted by molar-refractivity contribution is 5.83. The van der Waals surface area contributed by atoms with Crippen LogP contribution in [-0.2, 0) is 0 Å². The van der Waals surface area contributed by atoms with Gasteiger partial charge in [0.25, 0.3) is 0 Å². The summed E-state index contributed by atoms with van der Waals surface area (Å²) in [7, 11) is 0. The van der Waals surface area contributed by atoms with Gasteiger partial charge in [-0.1, -0.05) is 19.3 Å². The molecule has 3 aliphatic rings. The molecule has 90 valence electrons. The molecular weight excluding hydrogens is 196 g/mol. The highest BCUT2D eigenvalue weighted by atomic mass is 14.9. The van der Waals surface area contributed by atoms with E-state index in [9.17, 15) is 0 Å². The monoisotopic (exact) mass is 220 g/mol. The first-order valence-electron chi connectivity index (χ1n) is 7.12. The van der Waals surface area contributed by atoms with Crippen molar-refractivity contribution in [3.63, 3.8) is 0 Å². The third-order valence-corrected chi connectivity index (χ3v) is 5.17. The third-order valence-electron chi connectivity index (χ3n) is 5.17. The Bertz CT molecular complexity index is 278. The molecule has 2 N–H and O–H groups in total. The van der Waals surface area contributed by atoms with Crippen LogP contribution in [0.25, 0.3) is 0 Å². The minimum Gasteiger partial charge on any atom is -0.387 e. The van der Waals surface area contributed by atoms with Crippen LogP contribution in [0.1, 0.15) is 51.4 Å². The van der Waals surface area contributed by atoms with Gasteiger partial charge in [-0.2, -0.15) is 0 Å². The predicted octanol–water partition coefficient (Wildman–Crippen LogP) is 2.97. The van der Waals surface area contributed by atoms with Crippen LogP contribution in [0.2, 0.25) is 0 Å². The molecule has 3 saturated carbocycles. The lowest BCUT2D eigenvalue weighted by molar-refractivity contribution is 0.341. The van der Waals surface area contributed by atoms with E-state index in [1.54, 1.807) is 0 Å². The van der Waals surface area contributed by atoms with Crippen LogP contribution < -0.4 is 5.73 Å². The van der Waals surface area contributed by atoms with E-state index < -0.39 is 0 Å². The van der Waals surface area contributed by atoms with E-state index in [1.165, 1.54) is 51.4 Å². The minimum atomic E-state index is 0.624. The Labute approximate surface area is 98.7 Å². The van der Waals surface area contributed by atoms with Crippen LogP contribution in [0.5, 0.6) is 0 Å². The molecule has 0 heterocycles. The molecule has 3 fully saturated rings. The SMILES string of the molecule is NC(=NCC1CC2CCC1C2)C1CCCC1. The lowest BCUT2D eigenvalue weighted by atomic mass is 9.89. The lowest BCUT2D eigenvalue weighted by Gasteiger charge is -2.20. The van der Waals surface area contributed by atoms with E-state index in [0.717, 1.165) is 30.1 Å². The van der Waals surface area contributed by atoms with E-state index in [1.807, 2.05) is 0 Å². The van der Waals surface area contributed by atoms with Gasteiger partial charge in [-0.15, -0.1) is 0 Å². The zero-order chi connectivity index (χ0) is 11.0. The van der Waals surface area contributed by atoms with Crippen molar-refractivity contribution in [2.24, 2.45) is 34.4 Å². The Morgan fingerprint density at radius 1 is 1.06 bits per heavy atom. The minimum absolute atomic E-state index is 0.624. The number of amidine groups is 1. The second kappa shape index (κ2) is 4.38. The molecule has 0 aliphatic heterocycles. The van der Waals surface area contributed by atoms with Crippen LogP contribution in [0.3, 0.4) is 0 Å². The zero-order valence-corrected chi connectivity index (χ0v) is 10.2. The van der Waals surface area contributed by atoms with E-state index in [4.69, 9.17) is 10.7 Å². The normalized spacial score (nSPS) is 39.8. The summed E-state index contributed by atoms with van der Waals surface area (Å²) < 4.78 is 0. The van der Waals surface area contributed by atoms with Crippen molar-refractivity contribution in [3.8, 4) is 0 Å². The van der Waals surface area contributed by atoms with Gasteiger partial charge in [0.1, 0.15) is 0 Å². The maximum atomic E-state index is 6.11. The average molecular weight is 220 g/mol. The molecule has 0 amide bonds. The molecule has 0 aromatic rings. The molecule has 2 bridgehead atoms. The molecular formula is C14H24N2. The predicted molar refractivity (Wildman–Crippen MR) is 67.4 cm³/mol. The molecule has 0 aromatic heterocycles. The summed E-state index contributed by atoms with van der Waals surface area (Å²) in [6, 6.07) is 0. The van der Waals surface area contributed by atoms with Crippen molar-refractivity contribution in [2.45, 2.75) is 51.4 Å². The Hall–Kier alpha value is -0.530. The highest BCUT2D eigenvalue weighted by Gasteiger charge is 2.39. The number of nitrogens with two attached hydrogens (primary N) is 1. The molecule has 0 spiro atoms. The van der Waals surface area contributed by atoms with Crippen molar-refractivity contribution < 1.29 is 0 Å². The van der Waals surface area contributed by atoms with Gasteiger partial charge in [0.15, 0.2) is 0 Å². The smallest absolute Gasteiger partial charge is 0.0968 e. The molecule has 3 aliphatic carbocycles. The van der Waals surface area contributed by atoms with Crippen molar-refractivity contribution in [1.82, 2.24) is 0 Å². The van der Waals surface area contributed by atoms with E-state index in [0.29, 0.717) is 5.92 Å². The molecule has 0 saturated heterocycles. The van der Waals surface area contributed by atoms with Crippen LogP contribution >= 0.6 is 0 Å². The zero-order valence-electron chi connectivity index (χ0n) is 10.2. The summed E-state index contributed by atoms with van der Waals surface area (Å²) in [6.45, 7) is 1.03. The first kappa shape index (κ1) is 10.6. The average Bonchev–Trinajstić information content (AvgIpc) is 3.01. The second-order valence-electron chi connectivity index (χ2n) is 6.18. The Kier molecular flexibility index (Phi) is 2.91. The molecule has 3 unspecified atom stereocenters. The van der Waals surface area contributed by atoms with Crippen molar-refractivity contribution >= 4 is 5.84 Å². The van der Waals surface area contributed by atoms with Gasteiger partial charge in [0.2, 0.25) is 0 Å². The Morgan fingerprint density at radius 2 is 1.88 bits per heavy atom. The number of hydrogen-bond donors (Lipinski definition) is 1. The quantitative estimate of drug-likeness (QED) is 0.576. The van der Waals surface area contributed by atoms with Gasteiger partial charge in [0.05, 0.1) is 5.84 Å². The molecule has 3 rings (SSSR count). The molecule has 3 atom stereocenters. The fourth-order valence-corrected chi connectivity index (χ4v) is 4.17. The van der Waals surface area contributed by atoms with Gasteiger partial charge >= 0.3 is 0 Å². The van der Waals surface area contributed by atoms with E-state index >= 15 is 0 Å². The standard InChI is InChI=1S/C14H24N2/c15-14(11-3-1-2-4-11)16-9-13-8-10-5-6-12(13)7-10/h10-13H,1-9H2,(H2,15,16). The number of rotatable bonds is 3. The van der Waals surface area contributed by atoms with E-state index in [-0.39, 0.29) is 0 Å². The van der Waals surface area contributed by atoms with Crippen molar-refractivity contribution in [1.29, 1.82) is 0 Å². The van der Waals surface area contributed by atoms with Crippen LogP contribution in [0.15, 0.2) is 4.99 Å². The number of hydrogen-bond acceptors (Lipinski definition) is 1. The van der Waals surface area contributed by atoms with Gasteiger partial charge in [0, 0.05) is 12.5 Å². The van der Waals surface area contributed by atoms with Gasteiger partial charge in [-0.3, -0.25) is 4.99 Å². The summed E-state index contributed by atoms with van der Waals surface area (Å²) in [5.41, 5.74) is 6.11. The fourth-order valence-electron chi connectivity index (χ4n) is 4.17. The van der Waals surface area contributed by atoms with Gasteiger partial charge < -0.3 is 5.73 Å². The first-order chi connectivity index (χ1) is 7.83. The van der Waals surface area contributed by atoms with Crippen LogP contribution in [-0.4, -0.2) is 12.4 Å². The number of aliphatic imine (C=N–C) groups is 1. The molecule has 0 aromatic carbocycles. The summed E-state index contributed by atoms with van der Waals surface area (Å²) in [5.74, 6) is 4.50. The molecule has 0 radical (unpaired) electrons.